The van der Waals surface area contributed by atoms with Gasteiger partial charge in [0.25, 0.3) is 6.71 Å². The normalized spacial score (nSPS) is 15.0. The zero-order chi connectivity index (χ0) is 70.7. The van der Waals surface area contributed by atoms with E-state index in [1.807, 2.05) is 0 Å². The summed E-state index contributed by atoms with van der Waals surface area (Å²) in [6, 6.07) is 146. The van der Waals surface area contributed by atoms with Crippen molar-refractivity contribution in [3.05, 3.63) is 443 Å². The first-order valence-corrected chi connectivity index (χ1v) is 38.4. The number of anilines is 6. The summed E-state index contributed by atoms with van der Waals surface area (Å²) in [5.74, 6) is 0. The molecule has 109 heavy (non-hydrogen) atoms. The lowest BCUT2D eigenvalue weighted by molar-refractivity contribution is 0.791. The van der Waals surface area contributed by atoms with Crippen molar-refractivity contribution in [1.82, 2.24) is 4.57 Å². The molecule has 0 saturated carbocycles. The molecule has 3 nitrogen and oxygen atoms in total. The number of benzene rings is 17. The van der Waals surface area contributed by atoms with Crippen LogP contribution in [0.15, 0.2) is 376 Å². The fourth-order valence-corrected chi connectivity index (χ4v) is 22.9. The molecule has 0 unspecified atom stereocenters. The van der Waals surface area contributed by atoms with Gasteiger partial charge in [-0.2, -0.15) is 0 Å². The van der Waals surface area contributed by atoms with E-state index in [2.05, 4.69) is 390 Å². The second kappa shape index (κ2) is 20.8. The molecule has 17 aromatic carbocycles. The smallest absolute Gasteiger partial charge is 0.252 e. The van der Waals surface area contributed by atoms with Crippen molar-refractivity contribution in [2.45, 2.75) is 16.2 Å². The lowest BCUT2D eigenvalue weighted by atomic mass is 9.33. The lowest BCUT2D eigenvalue weighted by Crippen LogP contribution is -2.62. The molecule has 3 spiro atoms. The Bertz CT molecular complexity index is 6950. The first-order valence-electron chi connectivity index (χ1n) is 38.4. The highest BCUT2D eigenvalue weighted by Crippen LogP contribution is 2.70. The monoisotopic (exact) mass is 1380 g/mol. The highest BCUT2D eigenvalue weighted by atomic mass is 15.2. The molecule has 2 aliphatic heterocycles. The molecule has 0 bridgehead atoms. The van der Waals surface area contributed by atoms with E-state index in [-0.39, 0.29) is 6.71 Å². The van der Waals surface area contributed by atoms with Gasteiger partial charge >= 0.3 is 0 Å². The van der Waals surface area contributed by atoms with Gasteiger partial charge in [-0.3, -0.25) is 0 Å². The Morgan fingerprint density at radius 2 is 0.606 bits per heavy atom. The van der Waals surface area contributed by atoms with E-state index < -0.39 is 16.2 Å². The van der Waals surface area contributed by atoms with Gasteiger partial charge in [-0.15, -0.1) is 0 Å². The van der Waals surface area contributed by atoms with E-state index in [1.165, 1.54) is 177 Å². The van der Waals surface area contributed by atoms with E-state index in [4.69, 9.17) is 0 Å². The molecule has 1 aromatic heterocycles. The molecule has 4 heteroatoms. The van der Waals surface area contributed by atoms with Crippen LogP contribution in [0.3, 0.4) is 0 Å². The maximum Gasteiger partial charge on any atom is 0.252 e. The number of aromatic nitrogens is 1. The van der Waals surface area contributed by atoms with Crippen LogP contribution in [0.4, 0.5) is 34.1 Å². The van der Waals surface area contributed by atoms with Gasteiger partial charge in [0.05, 0.1) is 44.3 Å². The third-order valence-corrected chi connectivity index (χ3v) is 26.6. The van der Waals surface area contributed by atoms with Gasteiger partial charge in [0.2, 0.25) is 0 Å². The fraction of sp³-hybridized carbons (Fsp3) is 0.0286. The van der Waals surface area contributed by atoms with Gasteiger partial charge in [0.1, 0.15) is 0 Å². The van der Waals surface area contributed by atoms with Gasteiger partial charge in [-0.25, -0.2) is 0 Å². The molecule has 26 rings (SSSR count). The Kier molecular flexibility index (Phi) is 11.2. The molecule has 0 saturated heterocycles. The molecule has 3 heterocycles. The quantitative estimate of drug-likeness (QED) is 0.163. The SMILES string of the molecule is c1ccc(-c2ccc3c(c2)B2c4ccc5c(c4N(c4cccc6c4-c4ccccc4C64c6ccccc6-c6ccccc64)c4cc(-n6c7ccccc7c7ccccc76)cc(c42)N3c2cccc3c2C2(c4ccccc4-c4ccccc42)c2ccccc2-3)C2(c3ccccc3-c3ccccc32)c2ccccc2-5)cc1. The minimum Gasteiger partial charge on any atom is -0.311 e. The van der Waals surface area contributed by atoms with E-state index in [0.717, 1.165) is 45.2 Å². The summed E-state index contributed by atoms with van der Waals surface area (Å²) in [4.78, 5) is 5.62. The largest absolute Gasteiger partial charge is 0.311 e. The molecule has 0 fully saturated rings. The number of hydrogen-bond acceptors (Lipinski definition) is 2. The van der Waals surface area contributed by atoms with Crippen LogP contribution in [0.5, 0.6) is 0 Å². The summed E-state index contributed by atoms with van der Waals surface area (Å²) in [6.45, 7) is -0.295. The van der Waals surface area contributed by atoms with Gasteiger partial charge in [-0.1, -0.05) is 334 Å². The van der Waals surface area contributed by atoms with Gasteiger partial charge in [-0.05, 0) is 187 Å². The number of fused-ring (bicyclic) bond motifs is 38. The van der Waals surface area contributed by atoms with Crippen LogP contribution < -0.4 is 26.2 Å². The van der Waals surface area contributed by atoms with Crippen LogP contribution in [0.25, 0.3) is 105 Å². The molecule has 0 amide bonds. The highest BCUT2D eigenvalue weighted by Gasteiger charge is 2.59. The molecular weight excluding hydrogens is 1310 g/mol. The van der Waals surface area contributed by atoms with Crippen LogP contribution in [-0.2, 0) is 16.2 Å². The Hall–Kier alpha value is -13.8. The van der Waals surface area contributed by atoms with Crippen molar-refractivity contribution in [3.8, 4) is 83.6 Å². The Morgan fingerprint density at radius 3 is 1.13 bits per heavy atom. The zero-order valence-electron chi connectivity index (χ0n) is 59.2. The number of para-hydroxylation sites is 2. The Morgan fingerprint density at radius 1 is 0.220 bits per heavy atom. The summed E-state index contributed by atoms with van der Waals surface area (Å²) >= 11 is 0. The third kappa shape index (κ3) is 6.88. The summed E-state index contributed by atoms with van der Waals surface area (Å²) in [7, 11) is 0. The van der Waals surface area contributed by atoms with Crippen molar-refractivity contribution < 1.29 is 0 Å². The van der Waals surface area contributed by atoms with Crippen molar-refractivity contribution >= 4 is 79.0 Å². The fourth-order valence-electron chi connectivity index (χ4n) is 22.9. The van der Waals surface area contributed by atoms with Gasteiger partial charge in [0.15, 0.2) is 0 Å². The molecule has 0 atom stereocenters. The minimum atomic E-state index is -0.745. The zero-order valence-corrected chi connectivity index (χ0v) is 59.2. The first kappa shape index (κ1) is 58.5. The van der Waals surface area contributed by atoms with E-state index in [1.54, 1.807) is 0 Å². The lowest BCUT2D eigenvalue weighted by Gasteiger charge is -2.47. The Labute approximate surface area is 631 Å². The maximum absolute atomic E-state index is 2.86. The van der Waals surface area contributed by atoms with E-state index in [9.17, 15) is 0 Å². The Balaban J connectivity index is 0.870. The molecular formula is C105H62BN3. The van der Waals surface area contributed by atoms with Crippen molar-refractivity contribution in [1.29, 1.82) is 0 Å². The third-order valence-electron chi connectivity index (χ3n) is 26.6. The average molecular weight is 1380 g/mol. The molecule has 8 aliphatic rings. The average Bonchev–Trinajstić information content (AvgIpc) is 1.53. The summed E-state index contributed by atoms with van der Waals surface area (Å²) in [5, 5.41) is 2.44. The van der Waals surface area contributed by atoms with Crippen LogP contribution in [0, 0.1) is 0 Å². The second-order valence-corrected chi connectivity index (χ2v) is 31.0. The predicted octanol–water partition coefficient (Wildman–Crippen LogP) is 23.6. The topological polar surface area (TPSA) is 11.4 Å². The molecule has 500 valence electrons. The minimum absolute atomic E-state index is 0.295. The number of hydrogen-bond donors (Lipinski definition) is 0. The maximum atomic E-state index is 2.86. The second-order valence-electron chi connectivity index (χ2n) is 31.0. The molecule has 6 aliphatic carbocycles. The van der Waals surface area contributed by atoms with Gasteiger partial charge in [0, 0.05) is 50.2 Å². The molecule has 0 N–H and O–H groups in total. The van der Waals surface area contributed by atoms with Crippen LogP contribution in [0.1, 0.15) is 66.8 Å². The van der Waals surface area contributed by atoms with Crippen molar-refractivity contribution in [2.24, 2.45) is 0 Å². The van der Waals surface area contributed by atoms with E-state index >= 15 is 0 Å². The van der Waals surface area contributed by atoms with E-state index in [0.29, 0.717) is 0 Å². The summed E-state index contributed by atoms with van der Waals surface area (Å²) in [5.41, 5.74) is 45.5. The van der Waals surface area contributed by atoms with Crippen molar-refractivity contribution in [3.63, 3.8) is 0 Å². The molecule has 18 aromatic rings. The summed E-state index contributed by atoms with van der Waals surface area (Å²) in [6.07, 6.45) is 0. The van der Waals surface area contributed by atoms with Crippen LogP contribution >= 0.6 is 0 Å². The van der Waals surface area contributed by atoms with Gasteiger partial charge < -0.3 is 14.4 Å². The first-order chi connectivity index (χ1) is 54.1. The summed E-state index contributed by atoms with van der Waals surface area (Å²) < 4.78 is 2.59. The predicted molar refractivity (Wildman–Crippen MR) is 449 cm³/mol. The van der Waals surface area contributed by atoms with Crippen LogP contribution in [0.2, 0.25) is 0 Å². The van der Waals surface area contributed by atoms with Crippen molar-refractivity contribution in [2.75, 3.05) is 9.80 Å². The standard InChI is InChI=1S/C105H62BN3/c1-2-28-63(29-3-1)64-56-59-93-90(60-64)106-89-58-57-77-73-37-11-22-49-86(73)105(83-46-19-8-34-70(83)71-35-9-20-47-84(71)105)100(77)102(89)109(94-54-27-51-88-98(94)78-40-12-23-50-87(78)103(88)79-42-15-4-30-66(79)67-31-5-16-43-80(67)103)97-62-65(107-91-52-24-13-38-74(91)75-39-14-25-53-92(75)107)61-96(101(97)106)108(93)95-55-26-41-76-72-36-10-21-48-85(72)104(99(76)95)81-44-17-6-32-68(81)69-33-7-18-45-82(69)104/h1-62H. The number of nitrogens with zero attached hydrogens (tertiary/aromatic N) is 3. The number of rotatable bonds is 4. The molecule has 0 radical (unpaired) electrons. The van der Waals surface area contributed by atoms with Crippen LogP contribution in [-0.4, -0.2) is 11.3 Å². The highest BCUT2D eigenvalue weighted by molar-refractivity contribution is 7.00.